The number of nitrogens with one attached hydrogen (secondary N) is 1. The van der Waals surface area contributed by atoms with Crippen molar-refractivity contribution in [1.82, 2.24) is 15.2 Å². The Morgan fingerprint density at radius 2 is 2.29 bits per heavy atom. The van der Waals surface area contributed by atoms with Gasteiger partial charge in [0.05, 0.1) is 5.69 Å². The van der Waals surface area contributed by atoms with Gasteiger partial charge in [0.2, 0.25) is 0 Å². The van der Waals surface area contributed by atoms with Crippen LogP contribution < -0.4 is 0 Å². The molecule has 0 fully saturated rings. The van der Waals surface area contributed by atoms with Crippen LogP contribution in [0, 0.1) is 0 Å². The van der Waals surface area contributed by atoms with Crippen molar-refractivity contribution in [3.8, 4) is 0 Å². The summed E-state index contributed by atoms with van der Waals surface area (Å²) in [5.41, 5.74) is 0.148. The molecule has 1 aliphatic heterocycles. The lowest BCUT2D eigenvalue weighted by atomic mass is 10.1. The van der Waals surface area contributed by atoms with Gasteiger partial charge in [-0.15, -0.1) is 0 Å². The van der Waals surface area contributed by atoms with E-state index in [-0.39, 0.29) is 5.71 Å². The first-order valence-electron chi connectivity index (χ1n) is 3.85. The largest absolute Gasteiger partial charge is 0.353 e. The fourth-order valence-electron chi connectivity index (χ4n) is 1.22. The van der Waals surface area contributed by atoms with Crippen LogP contribution in [-0.2, 0) is 4.79 Å². The number of amides is 1. The van der Waals surface area contributed by atoms with E-state index >= 15 is 0 Å². The molecule has 1 aliphatic rings. The summed E-state index contributed by atoms with van der Waals surface area (Å²) in [4.78, 5) is 11.2. The van der Waals surface area contributed by atoms with E-state index in [9.17, 15) is 15.0 Å². The van der Waals surface area contributed by atoms with Gasteiger partial charge < -0.3 is 10.2 Å². The summed E-state index contributed by atoms with van der Waals surface area (Å²) >= 11 is 0. The number of carbonyl (C=O) groups excluding carboxylic acids is 1. The summed E-state index contributed by atoms with van der Waals surface area (Å²) in [6.45, 7) is 0. The predicted molar refractivity (Wildman–Crippen MR) is 45.1 cm³/mol. The molecule has 3 N–H and O–H groups in total. The van der Waals surface area contributed by atoms with E-state index in [2.05, 4.69) is 15.3 Å². The highest BCUT2D eigenvalue weighted by Crippen LogP contribution is 2.19. The van der Waals surface area contributed by atoms with Crippen LogP contribution in [0.3, 0.4) is 0 Å². The van der Waals surface area contributed by atoms with Crippen LogP contribution >= 0.6 is 0 Å². The second-order valence-electron chi connectivity index (χ2n) is 2.92. The van der Waals surface area contributed by atoms with Crippen molar-refractivity contribution < 1.29 is 15.0 Å². The number of carbonyl (C=O) groups is 1. The molecular weight excluding hydrogens is 188 g/mol. The molecule has 0 saturated carbocycles. The minimum Gasteiger partial charge on any atom is -0.353 e. The number of hydrogen-bond donors (Lipinski definition) is 3. The molecule has 0 unspecified atom stereocenters. The Morgan fingerprint density at radius 3 is 2.71 bits per heavy atom. The minimum atomic E-state index is -2.57. The van der Waals surface area contributed by atoms with Gasteiger partial charge in [-0.25, -0.2) is 5.01 Å². The zero-order chi connectivity index (χ0) is 10.3. The van der Waals surface area contributed by atoms with E-state index in [1.807, 2.05) is 0 Å². The molecule has 0 saturated heterocycles. The predicted octanol–water partition coefficient (Wildman–Crippen LogP) is -1.73. The third kappa shape index (κ3) is 1.03. The lowest BCUT2D eigenvalue weighted by Gasteiger charge is -2.13. The van der Waals surface area contributed by atoms with Crippen molar-refractivity contribution >= 4 is 11.6 Å². The Bertz CT molecular complexity index is 395. The van der Waals surface area contributed by atoms with Crippen LogP contribution in [0.25, 0.3) is 0 Å². The fraction of sp³-hybridized carbons (Fsp3) is 0.286. The highest BCUT2D eigenvalue weighted by molar-refractivity contribution is 6.19. The zero-order valence-corrected chi connectivity index (χ0v) is 7.30. The van der Waals surface area contributed by atoms with Gasteiger partial charge >= 0.3 is 5.91 Å². The second kappa shape index (κ2) is 2.63. The third-order valence-electron chi connectivity index (χ3n) is 1.93. The monoisotopic (exact) mass is 196 g/mol. The first-order chi connectivity index (χ1) is 6.53. The molecule has 0 atom stereocenters. The van der Waals surface area contributed by atoms with Crippen LogP contribution in [0.15, 0.2) is 17.4 Å². The van der Waals surface area contributed by atoms with Crippen molar-refractivity contribution in [2.24, 2.45) is 5.10 Å². The first kappa shape index (κ1) is 8.85. The molecule has 0 spiro atoms. The Balaban J connectivity index is 2.47. The molecule has 7 heteroatoms. The average Bonchev–Trinajstić information content (AvgIpc) is 2.69. The molecule has 1 aromatic rings. The molecule has 14 heavy (non-hydrogen) atoms. The third-order valence-corrected chi connectivity index (χ3v) is 1.93. The molecule has 2 heterocycles. The van der Waals surface area contributed by atoms with Gasteiger partial charge in [0.1, 0.15) is 0 Å². The van der Waals surface area contributed by atoms with Crippen LogP contribution in [0.1, 0.15) is 5.69 Å². The number of likely N-dealkylation sites (N-methyl/N-ethyl adjacent to an activating group) is 1. The quantitative estimate of drug-likeness (QED) is 0.464. The molecule has 7 nitrogen and oxygen atoms in total. The number of aliphatic hydroxyl groups is 2. The van der Waals surface area contributed by atoms with Crippen LogP contribution in [0.4, 0.5) is 0 Å². The molecular formula is C7H8N4O3. The molecule has 0 aromatic carbocycles. The average molecular weight is 196 g/mol. The van der Waals surface area contributed by atoms with Gasteiger partial charge in [0.15, 0.2) is 5.71 Å². The lowest BCUT2D eigenvalue weighted by Crippen LogP contribution is -2.46. The number of rotatable bonds is 1. The summed E-state index contributed by atoms with van der Waals surface area (Å²) < 4.78 is 0. The summed E-state index contributed by atoms with van der Waals surface area (Å²) in [7, 11) is 1.34. The van der Waals surface area contributed by atoms with Gasteiger partial charge in [-0.3, -0.25) is 9.89 Å². The lowest BCUT2D eigenvalue weighted by molar-refractivity contribution is -0.166. The fourth-order valence-corrected chi connectivity index (χ4v) is 1.22. The second-order valence-corrected chi connectivity index (χ2v) is 2.92. The van der Waals surface area contributed by atoms with Gasteiger partial charge in [-0.2, -0.15) is 10.2 Å². The zero-order valence-electron chi connectivity index (χ0n) is 7.30. The maximum Gasteiger partial charge on any atom is 0.309 e. The number of hydrogen-bond acceptors (Lipinski definition) is 5. The Kier molecular flexibility index (Phi) is 1.66. The van der Waals surface area contributed by atoms with Gasteiger partial charge in [-0.05, 0) is 6.07 Å². The Labute approximate surface area is 78.7 Å². The van der Waals surface area contributed by atoms with E-state index in [1.165, 1.54) is 19.3 Å². The normalized spacial score (nSPS) is 20.1. The molecule has 1 amide bonds. The Hall–Kier alpha value is -1.73. The molecule has 0 radical (unpaired) electrons. The molecule has 1 aromatic heterocycles. The number of H-pyrrole nitrogens is 1. The number of hydrazone groups is 1. The topological polar surface area (TPSA) is 102 Å². The van der Waals surface area contributed by atoms with E-state index < -0.39 is 11.7 Å². The van der Waals surface area contributed by atoms with Crippen molar-refractivity contribution in [1.29, 1.82) is 0 Å². The highest BCUT2D eigenvalue weighted by Gasteiger charge is 2.48. The SMILES string of the molecule is CN1N=C(c2ccn[nH]2)C(O)(O)C1=O. The van der Waals surface area contributed by atoms with E-state index in [0.717, 1.165) is 5.01 Å². The highest BCUT2D eigenvalue weighted by atomic mass is 16.5. The van der Waals surface area contributed by atoms with Gasteiger partial charge in [0.25, 0.3) is 5.79 Å². The molecule has 0 aliphatic carbocycles. The van der Waals surface area contributed by atoms with Crippen LogP contribution in [0.2, 0.25) is 0 Å². The number of aromatic amines is 1. The Morgan fingerprint density at radius 1 is 1.57 bits per heavy atom. The van der Waals surface area contributed by atoms with Crippen LogP contribution in [-0.4, -0.2) is 49.9 Å². The first-order valence-corrected chi connectivity index (χ1v) is 3.85. The standard InChI is InChI=1S/C7H8N4O3/c1-11-6(12)7(13,14)5(10-11)4-2-3-8-9-4/h2-3,13-14H,1H3,(H,8,9). The molecule has 2 rings (SSSR count). The number of aromatic nitrogens is 2. The van der Waals surface area contributed by atoms with Crippen molar-refractivity contribution in [2.75, 3.05) is 7.05 Å². The van der Waals surface area contributed by atoms with Gasteiger partial charge in [-0.1, -0.05) is 0 Å². The summed E-state index contributed by atoms with van der Waals surface area (Å²) in [5, 5.41) is 29.6. The van der Waals surface area contributed by atoms with E-state index in [0.29, 0.717) is 5.69 Å². The van der Waals surface area contributed by atoms with Crippen molar-refractivity contribution in [3.63, 3.8) is 0 Å². The van der Waals surface area contributed by atoms with Crippen molar-refractivity contribution in [3.05, 3.63) is 18.0 Å². The maximum absolute atomic E-state index is 11.2. The number of nitrogens with zero attached hydrogens (tertiary/aromatic N) is 3. The molecule has 74 valence electrons. The summed E-state index contributed by atoms with van der Waals surface area (Å²) in [5.74, 6) is -3.46. The van der Waals surface area contributed by atoms with Gasteiger partial charge in [0, 0.05) is 13.2 Å². The smallest absolute Gasteiger partial charge is 0.309 e. The maximum atomic E-state index is 11.2. The summed E-state index contributed by atoms with van der Waals surface area (Å²) in [6.07, 6.45) is 1.43. The van der Waals surface area contributed by atoms with E-state index in [4.69, 9.17) is 0 Å². The van der Waals surface area contributed by atoms with Crippen molar-refractivity contribution in [2.45, 2.75) is 5.79 Å². The van der Waals surface area contributed by atoms with Crippen LogP contribution in [0.5, 0.6) is 0 Å². The van der Waals surface area contributed by atoms with E-state index in [1.54, 1.807) is 0 Å². The minimum absolute atomic E-state index is 0.150. The molecule has 0 bridgehead atoms. The summed E-state index contributed by atoms with van der Waals surface area (Å²) in [6, 6.07) is 1.49.